The molecule has 8 nitrogen and oxygen atoms in total. The first-order valence-corrected chi connectivity index (χ1v) is 18.6. The number of allylic oxidation sites excluding steroid dienone is 12. The summed E-state index contributed by atoms with van der Waals surface area (Å²) in [4.78, 5) is 23.8. The first-order valence-electron chi connectivity index (χ1n) is 17.2. The molecule has 0 aromatic heterocycles. The highest BCUT2D eigenvalue weighted by Crippen LogP contribution is 2.38. The van der Waals surface area contributed by atoms with E-state index in [0.717, 1.165) is 64.2 Å². The summed E-state index contributed by atoms with van der Waals surface area (Å²) in [5, 5.41) is 0. The Morgan fingerprint density at radius 2 is 1.17 bits per heavy atom. The minimum atomic E-state index is -4.49. The van der Waals surface area contributed by atoms with Crippen molar-refractivity contribution in [3.05, 3.63) is 72.9 Å². The van der Waals surface area contributed by atoms with Crippen molar-refractivity contribution in [1.82, 2.24) is 0 Å². The van der Waals surface area contributed by atoms with Gasteiger partial charge in [0, 0.05) is 13.0 Å². The molecule has 0 fully saturated rings. The smallest absolute Gasteiger partial charge is 0.305 e. The standard InChI is InChI=1S/C37H64NO7P/c1-6-8-9-10-11-12-13-14-15-16-17-18-19-20-21-22-23-24-25-26-27-28-29-30-32-42-34-36(45-37(39)7-2)35-44-46(40,41)43-33-31-38(3,4)5/h8-9,11-12,14-15,17-18,20-21,23-24,36H,6-7,10,13,16,19,22,25-35H2,1-5H3/b9-8-,12-11-,15-14-,18-17-,21-20-,24-23-. The number of hydrogen-bond acceptors (Lipinski definition) is 7. The number of carbonyl (C=O) groups excluding carboxylic acids is 1. The van der Waals surface area contributed by atoms with E-state index in [1.807, 2.05) is 21.1 Å². The fourth-order valence-electron chi connectivity index (χ4n) is 3.87. The monoisotopic (exact) mass is 665 g/mol. The quantitative estimate of drug-likeness (QED) is 0.0249. The van der Waals surface area contributed by atoms with Gasteiger partial charge in [-0.2, -0.15) is 0 Å². The van der Waals surface area contributed by atoms with Crippen molar-refractivity contribution in [2.75, 3.05) is 54.1 Å². The number of quaternary nitrogens is 1. The molecule has 0 amide bonds. The Kier molecular flexibility index (Phi) is 28.9. The van der Waals surface area contributed by atoms with Gasteiger partial charge in [-0.25, -0.2) is 0 Å². The van der Waals surface area contributed by atoms with Gasteiger partial charge in [-0.15, -0.1) is 0 Å². The van der Waals surface area contributed by atoms with Crippen LogP contribution in [0.2, 0.25) is 0 Å². The van der Waals surface area contributed by atoms with Gasteiger partial charge in [0.1, 0.15) is 19.3 Å². The largest absolute Gasteiger partial charge is 0.756 e. The maximum atomic E-state index is 12.1. The van der Waals surface area contributed by atoms with Crippen molar-refractivity contribution in [3.8, 4) is 0 Å². The van der Waals surface area contributed by atoms with Gasteiger partial charge in [-0.05, 0) is 57.8 Å². The average molecular weight is 666 g/mol. The summed E-state index contributed by atoms with van der Waals surface area (Å²) in [7, 11) is 1.32. The minimum Gasteiger partial charge on any atom is -0.756 e. The maximum absolute atomic E-state index is 12.1. The topological polar surface area (TPSA) is 94.1 Å². The van der Waals surface area contributed by atoms with Crippen LogP contribution in [0.3, 0.4) is 0 Å². The number of nitrogens with zero attached hydrogens (tertiary/aromatic N) is 1. The van der Waals surface area contributed by atoms with Gasteiger partial charge in [0.05, 0.1) is 34.4 Å². The number of likely N-dealkylation sites (N-methyl/N-ethyl adjacent to an activating group) is 1. The number of phosphoric ester groups is 1. The summed E-state index contributed by atoms with van der Waals surface area (Å²) in [6.45, 7) is 4.62. The number of hydrogen-bond donors (Lipinski definition) is 0. The number of unbranched alkanes of at least 4 members (excludes halogenated alkanes) is 5. The second-order valence-corrected chi connectivity index (χ2v) is 13.5. The molecule has 0 N–H and O–H groups in total. The van der Waals surface area contributed by atoms with Gasteiger partial charge in [0.15, 0.2) is 0 Å². The molecule has 0 saturated carbocycles. The third kappa shape index (κ3) is 33.3. The Morgan fingerprint density at radius 1 is 0.674 bits per heavy atom. The molecule has 0 aliphatic heterocycles. The number of ether oxygens (including phenoxy) is 2. The lowest BCUT2D eigenvalue weighted by atomic mass is 10.1. The third-order valence-electron chi connectivity index (χ3n) is 6.58. The molecule has 0 aromatic rings. The number of phosphoric acid groups is 1. The fraction of sp³-hybridized carbons (Fsp3) is 0.649. The summed E-state index contributed by atoms with van der Waals surface area (Å²) < 4.78 is 33.4. The van der Waals surface area contributed by atoms with Gasteiger partial charge < -0.3 is 27.9 Å². The van der Waals surface area contributed by atoms with Crippen LogP contribution in [0.5, 0.6) is 0 Å². The molecule has 0 aliphatic carbocycles. The van der Waals surface area contributed by atoms with Crippen LogP contribution in [0.25, 0.3) is 0 Å². The van der Waals surface area contributed by atoms with Gasteiger partial charge >= 0.3 is 5.97 Å². The first kappa shape index (κ1) is 43.9. The molecule has 0 aromatic carbocycles. The Bertz CT molecular complexity index is 963. The van der Waals surface area contributed by atoms with E-state index in [4.69, 9.17) is 18.5 Å². The zero-order valence-corrected chi connectivity index (χ0v) is 30.4. The van der Waals surface area contributed by atoms with Crippen LogP contribution in [-0.4, -0.2) is 70.7 Å². The van der Waals surface area contributed by atoms with Crippen molar-refractivity contribution in [2.24, 2.45) is 0 Å². The van der Waals surface area contributed by atoms with E-state index in [1.54, 1.807) is 6.92 Å². The lowest BCUT2D eigenvalue weighted by Crippen LogP contribution is -2.37. The lowest BCUT2D eigenvalue weighted by molar-refractivity contribution is -0.870. The van der Waals surface area contributed by atoms with Crippen molar-refractivity contribution in [2.45, 2.75) is 103 Å². The SMILES string of the molecule is CC/C=C\C/C=C\C/C=C\C/C=C\C/C=C\C/C=C\CCCCCCCOCC(COP(=O)([O-])OCC[N+](C)(C)C)OC(=O)CC. The number of carbonyl (C=O) groups is 1. The number of esters is 1. The van der Waals surface area contributed by atoms with Crippen molar-refractivity contribution in [3.63, 3.8) is 0 Å². The molecule has 0 bridgehead atoms. The van der Waals surface area contributed by atoms with E-state index in [2.05, 4.69) is 79.8 Å². The van der Waals surface area contributed by atoms with Gasteiger partial charge in [0.25, 0.3) is 7.82 Å². The molecule has 264 valence electrons. The van der Waals surface area contributed by atoms with Crippen LogP contribution in [0.15, 0.2) is 72.9 Å². The van der Waals surface area contributed by atoms with E-state index in [-0.39, 0.29) is 26.2 Å². The van der Waals surface area contributed by atoms with Crippen molar-refractivity contribution in [1.29, 1.82) is 0 Å². The van der Waals surface area contributed by atoms with Crippen LogP contribution >= 0.6 is 7.82 Å². The van der Waals surface area contributed by atoms with E-state index < -0.39 is 19.9 Å². The summed E-state index contributed by atoms with van der Waals surface area (Å²) in [6.07, 6.45) is 38.6. The van der Waals surface area contributed by atoms with Crippen LogP contribution in [0.1, 0.15) is 97.3 Å². The molecule has 0 heterocycles. The van der Waals surface area contributed by atoms with Gasteiger partial charge in [-0.3, -0.25) is 9.36 Å². The Morgan fingerprint density at radius 3 is 1.70 bits per heavy atom. The molecule has 0 radical (unpaired) electrons. The minimum absolute atomic E-state index is 0.0155. The highest BCUT2D eigenvalue weighted by atomic mass is 31.2. The Balaban J connectivity index is 3.87. The summed E-state index contributed by atoms with van der Waals surface area (Å²) in [5.41, 5.74) is 0. The van der Waals surface area contributed by atoms with Crippen LogP contribution in [0.4, 0.5) is 0 Å². The van der Waals surface area contributed by atoms with Crippen molar-refractivity contribution < 1.29 is 37.3 Å². The van der Waals surface area contributed by atoms with Crippen LogP contribution < -0.4 is 4.89 Å². The molecule has 0 rings (SSSR count). The highest BCUT2D eigenvalue weighted by Gasteiger charge is 2.19. The zero-order chi connectivity index (χ0) is 34.2. The summed E-state index contributed by atoms with van der Waals surface area (Å²) in [6, 6.07) is 0. The van der Waals surface area contributed by atoms with Gasteiger partial charge in [0.2, 0.25) is 0 Å². The summed E-state index contributed by atoms with van der Waals surface area (Å²) in [5.74, 6) is -0.434. The second kappa shape index (κ2) is 30.3. The van der Waals surface area contributed by atoms with Crippen molar-refractivity contribution >= 4 is 13.8 Å². The molecule has 0 spiro atoms. The molecule has 9 heteroatoms. The van der Waals surface area contributed by atoms with E-state index in [0.29, 0.717) is 17.6 Å². The summed E-state index contributed by atoms with van der Waals surface area (Å²) >= 11 is 0. The zero-order valence-electron chi connectivity index (χ0n) is 29.5. The Labute approximate surface area is 281 Å². The number of rotatable bonds is 30. The first-order chi connectivity index (χ1) is 22.1. The average Bonchev–Trinajstić information content (AvgIpc) is 3.00. The lowest BCUT2D eigenvalue weighted by Gasteiger charge is -2.28. The van der Waals surface area contributed by atoms with E-state index >= 15 is 0 Å². The fourth-order valence-corrected chi connectivity index (χ4v) is 4.60. The molecular weight excluding hydrogens is 601 g/mol. The molecule has 0 saturated heterocycles. The maximum Gasteiger partial charge on any atom is 0.305 e. The molecule has 0 aliphatic rings. The van der Waals surface area contributed by atoms with Crippen LogP contribution in [-0.2, 0) is 27.9 Å². The molecular formula is C37H64NO7P. The predicted molar refractivity (Wildman–Crippen MR) is 189 cm³/mol. The van der Waals surface area contributed by atoms with E-state index in [9.17, 15) is 14.3 Å². The highest BCUT2D eigenvalue weighted by molar-refractivity contribution is 7.45. The van der Waals surface area contributed by atoms with Crippen LogP contribution in [0, 0.1) is 0 Å². The molecule has 2 unspecified atom stereocenters. The van der Waals surface area contributed by atoms with E-state index in [1.165, 1.54) is 12.8 Å². The Hall–Kier alpha value is -2.06. The second-order valence-electron chi connectivity index (χ2n) is 12.1. The molecule has 2 atom stereocenters. The predicted octanol–water partition coefficient (Wildman–Crippen LogP) is 8.57. The molecule has 46 heavy (non-hydrogen) atoms. The third-order valence-corrected chi connectivity index (χ3v) is 7.54. The normalized spacial score (nSPS) is 15.0. The van der Waals surface area contributed by atoms with Gasteiger partial charge in [-0.1, -0.05) is 106 Å².